The summed E-state index contributed by atoms with van der Waals surface area (Å²) in [7, 11) is 0. The lowest BCUT2D eigenvalue weighted by atomic mass is 9.83. The molecule has 0 amide bonds. The number of hydrogen-bond donors (Lipinski definition) is 0. The molecule has 2 nitrogen and oxygen atoms in total. The van der Waals surface area contributed by atoms with Gasteiger partial charge in [-0.05, 0) is 287 Å². The van der Waals surface area contributed by atoms with E-state index in [0.717, 1.165) is 13.1 Å². The van der Waals surface area contributed by atoms with Crippen molar-refractivity contribution in [3.8, 4) is 156 Å². The quantitative estimate of drug-likeness (QED) is 0.0854. The van der Waals surface area contributed by atoms with Crippen molar-refractivity contribution in [3.63, 3.8) is 0 Å². The lowest BCUT2D eigenvalue weighted by Crippen LogP contribution is -1.93. The molecule has 0 aliphatic rings. The van der Waals surface area contributed by atoms with Gasteiger partial charge in [-0.15, -0.1) is 0 Å². The van der Waals surface area contributed by atoms with Gasteiger partial charge < -0.3 is 9.13 Å². The van der Waals surface area contributed by atoms with E-state index in [-0.39, 0.29) is 0 Å². The van der Waals surface area contributed by atoms with E-state index >= 15 is 0 Å². The molecule has 624 valence electrons. The van der Waals surface area contributed by atoms with Gasteiger partial charge in [0.25, 0.3) is 0 Å². The SMILES string of the molecule is CCn1c2ccc(-c3ccccc3)cc2c2cc(-c3ccc(-c4ccc(-c5c6ccc(-c7ccccc7)cc6c(-c6ccc(-c7ccc(-c8ccccc8)cc7)cc6)c6ccc(-c7ccccc7)cc56)cc4)cc3)ccc21.CCn1c2ccc(-c3ccccc3)cc2c2cc(-c3ccc(-c4ccc(-c5c6ccc(C)cc6c(-c6ccccc6)c6ccc(C)cc56)cc4)cc3)ccc21. The first-order valence-electron chi connectivity index (χ1n) is 46.2. The molecule has 132 heavy (non-hydrogen) atoms. The van der Waals surface area contributed by atoms with Crippen LogP contribution in [0.15, 0.2) is 473 Å². The molecule has 0 atom stereocenters. The van der Waals surface area contributed by atoms with E-state index in [1.165, 1.54) is 254 Å². The molecular weight excluding hydrogens is 1590 g/mol. The summed E-state index contributed by atoms with van der Waals surface area (Å²) in [5.41, 5.74) is 41.9. The summed E-state index contributed by atoms with van der Waals surface area (Å²) in [4.78, 5) is 0. The van der Waals surface area contributed by atoms with Gasteiger partial charge in [-0.1, -0.05) is 424 Å². The second kappa shape index (κ2) is 34.2. The Morgan fingerprint density at radius 2 is 0.280 bits per heavy atom. The van der Waals surface area contributed by atoms with Crippen molar-refractivity contribution in [2.75, 3.05) is 0 Å². The third-order valence-corrected chi connectivity index (χ3v) is 27.3. The number of hydrogen-bond acceptors (Lipinski definition) is 0. The normalized spacial score (nSPS) is 11.5. The minimum Gasteiger partial charge on any atom is -0.341 e. The van der Waals surface area contributed by atoms with Crippen LogP contribution in [0.5, 0.6) is 0 Å². The average Bonchev–Trinajstić information content (AvgIpc) is 1.16. The average molecular weight is 1680 g/mol. The molecule has 0 N–H and O–H groups in total. The molecule has 24 rings (SSSR count). The Kier molecular flexibility index (Phi) is 20.8. The summed E-state index contributed by atoms with van der Waals surface area (Å²) in [6.07, 6.45) is 0. The van der Waals surface area contributed by atoms with Gasteiger partial charge >= 0.3 is 0 Å². The first-order valence-corrected chi connectivity index (χ1v) is 46.2. The van der Waals surface area contributed by atoms with Crippen LogP contribution in [0, 0.1) is 13.8 Å². The van der Waals surface area contributed by atoms with Crippen molar-refractivity contribution in [2.45, 2.75) is 40.8 Å². The summed E-state index contributed by atoms with van der Waals surface area (Å²) < 4.78 is 4.87. The zero-order valence-corrected chi connectivity index (χ0v) is 74.3. The number of benzene rings is 22. The van der Waals surface area contributed by atoms with Gasteiger partial charge in [0.2, 0.25) is 0 Å². The van der Waals surface area contributed by atoms with Crippen LogP contribution in [-0.4, -0.2) is 9.13 Å². The van der Waals surface area contributed by atoms with Crippen LogP contribution in [-0.2, 0) is 13.1 Å². The second-order valence-corrected chi connectivity index (χ2v) is 35.2. The van der Waals surface area contributed by atoms with Crippen molar-refractivity contribution in [1.29, 1.82) is 0 Å². The Labute approximate surface area is 771 Å². The van der Waals surface area contributed by atoms with Crippen molar-refractivity contribution < 1.29 is 0 Å². The van der Waals surface area contributed by atoms with Gasteiger partial charge in [0.05, 0.1) is 0 Å². The van der Waals surface area contributed by atoms with E-state index in [1.54, 1.807) is 0 Å². The molecule has 0 saturated carbocycles. The highest BCUT2D eigenvalue weighted by Crippen LogP contribution is 2.50. The number of nitrogens with zero attached hydrogens (tertiary/aromatic N) is 2. The molecule has 2 heteroatoms. The van der Waals surface area contributed by atoms with Crippen LogP contribution in [0.3, 0.4) is 0 Å². The van der Waals surface area contributed by atoms with E-state index in [1.807, 2.05) is 0 Å². The fourth-order valence-corrected chi connectivity index (χ4v) is 20.7. The zero-order valence-electron chi connectivity index (χ0n) is 74.3. The lowest BCUT2D eigenvalue weighted by molar-refractivity contribution is 0.827. The summed E-state index contributed by atoms with van der Waals surface area (Å²) >= 11 is 0. The molecular formula is C130H94N2. The standard InChI is InChI=1S/C76H53N.C54H41N/c1-2-77-73-45-41-65(54-21-13-6-14-22-54)47-69(73)70-48-66(42-46-74(70)77)60-29-27-57(28-30-60)59-33-37-62(38-34-59)76-68-44-40-63(52-17-9-4-10-18-52)49-71(68)75(67-43-39-64(50-72(67)76)53-19-11-5-12-20-53)61-35-31-58(32-36-61)56-25-23-55(24-26-56)51-15-7-3-8-16-51;1-4-55-51-29-25-43(37-11-7-5-8-12-37)33-47(51)48-34-44(26-30-52(48)55)40-19-17-38(18-20-40)39-21-23-42(24-22-39)54-46-28-16-35(2)31-49(46)53(41-13-9-6-10-14-41)45-27-15-36(3)32-50(45)54/h3-50H,2H2,1H3;5-34H,4H2,1-3H3. The van der Waals surface area contributed by atoms with E-state index in [9.17, 15) is 0 Å². The number of aromatic nitrogens is 2. The van der Waals surface area contributed by atoms with Gasteiger partial charge in [0, 0.05) is 56.7 Å². The van der Waals surface area contributed by atoms with Crippen LogP contribution in [0.2, 0.25) is 0 Å². The molecule has 0 bridgehead atoms. The molecule has 0 aliphatic heterocycles. The Balaban J connectivity index is 0.000000158. The molecule has 2 aromatic heterocycles. The van der Waals surface area contributed by atoms with Crippen LogP contribution in [0.1, 0.15) is 25.0 Å². The number of aryl methyl sites for hydroxylation is 4. The maximum absolute atomic E-state index is 2.44. The number of rotatable bonds is 16. The van der Waals surface area contributed by atoms with Gasteiger partial charge in [-0.2, -0.15) is 0 Å². The van der Waals surface area contributed by atoms with E-state index in [0.29, 0.717) is 0 Å². The Hall–Kier alpha value is -16.5. The third kappa shape index (κ3) is 14.8. The summed E-state index contributed by atoms with van der Waals surface area (Å²) in [5, 5.41) is 15.3. The predicted octanol–water partition coefficient (Wildman–Crippen LogP) is 36.2. The van der Waals surface area contributed by atoms with Crippen LogP contribution >= 0.6 is 0 Å². The predicted molar refractivity (Wildman–Crippen MR) is 566 cm³/mol. The van der Waals surface area contributed by atoms with Crippen molar-refractivity contribution in [3.05, 3.63) is 484 Å². The molecule has 0 unspecified atom stereocenters. The largest absolute Gasteiger partial charge is 0.341 e. The van der Waals surface area contributed by atoms with Gasteiger partial charge in [-0.3, -0.25) is 0 Å². The van der Waals surface area contributed by atoms with E-state index in [4.69, 9.17) is 0 Å². The monoisotopic (exact) mass is 1680 g/mol. The first-order chi connectivity index (χ1) is 65.1. The Morgan fingerprint density at radius 1 is 0.129 bits per heavy atom. The summed E-state index contributed by atoms with van der Waals surface area (Å²) in [6.45, 7) is 10.7. The smallest absolute Gasteiger partial charge is 0.0491 e. The van der Waals surface area contributed by atoms with Crippen LogP contribution in [0.25, 0.3) is 242 Å². The van der Waals surface area contributed by atoms with Crippen molar-refractivity contribution >= 4 is 86.7 Å². The van der Waals surface area contributed by atoms with Crippen molar-refractivity contribution in [1.82, 2.24) is 9.13 Å². The van der Waals surface area contributed by atoms with Crippen LogP contribution < -0.4 is 0 Å². The molecule has 0 saturated heterocycles. The Morgan fingerprint density at radius 3 is 0.508 bits per heavy atom. The van der Waals surface area contributed by atoms with Crippen LogP contribution in [0.4, 0.5) is 0 Å². The minimum absolute atomic E-state index is 0.917. The maximum Gasteiger partial charge on any atom is 0.0491 e. The van der Waals surface area contributed by atoms with Gasteiger partial charge in [0.15, 0.2) is 0 Å². The second-order valence-electron chi connectivity index (χ2n) is 35.2. The fourth-order valence-electron chi connectivity index (χ4n) is 20.7. The molecule has 22 aromatic carbocycles. The first kappa shape index (κ1) is 80.1. The van der Waals surface area contributed by atoms with Gasteiger partial charge in [0.1, 0.15) is 0 Å². The molecule has 0 fully saturated rings. The molecule has 0 radical (unpaired) electrons. The minimum atomic E-state index is 0.917. The molecule has 24 aromatic rings. The Bertz CT molecular complexity index is 8470. The van der Waals surface area contributed by atoms with E-state index < -0.39 is 0 Å². The molecule has 2 heterocycles. The maximum atomic E-state index is 2.44. The zero-order chi connectivity index (χ0) is 88.3. The topological polar surface area (TPSA) is 9.86 Å². The fraction of sp³-hybridized carbons (Fsp3) is 0.0462. The van der Waals surface area contributed by atoms with E-state index in [2.05, 4.69) is 510 Å². The lowest BCUT2D eigenvalue weighted by Gasteiger charge is -2.20. The van der Waals surface area contributed by atoms with Gasteiger partial charge in [-0.25, -0.2) is 0 Å². The van der Waals surface area contributed by atoms with Crippen molar-refractivity contribution in [2.24, 2.45) is 0 Å². The summed E-state index contributed by atoms with van der Waals surface area (Å²) in [5.74, 6) is 0. The molecule has 0 spiro atoms. The molecule has 0 aliphatic carbocycles. The highest BCUT2D eigenvalue weighted by Gasteiger charge is 2.24. The highest BCUT2D eigenvalue weighted by atomic mass is 15.0. The third-order valence-electron chi connectivity index (χ3n) is 27.3. The highest BCUT2D eigenvalue weighted by molar-refractivity contribution is 6.24. The number of fused-ring (bicyclic) bond motifs is 10. The summed E-state index contributed by atoms with van der Waals surface area (Å²) in [6, 6.07) is 175.